The van der Waals surface area contributed by atoms with Crippen molar-refractivity contribution in [3.05, 3.63) is 45.5 Å². The van der Waals surface area contributed by atoms with Gasteiger partial charge >= 0.3 is 5.69 Å². The van der Waals surface area contributed by atoms with Crippen molar-refractivity contribution >= 4 is 17.3 Å². The van der Waals surface area contributed by atoms with E-state index in [0.29, 0.717) is 23.7 Å². The Morgan fingerprint density at radius 3 is 1.64 bits per heavy atom. The number of hydrogen-bond acceptors (Lipinski definition) is 9. The van der Waals surface area contributed by atoms with Crippen molar-refractivity contribution in [2.45, 2.75) is 26.2 Å². The smallest absolute Gasteiger partial charge is 0.315 e. The van der Waals surface area contributed by atoms with E-state index in [-0.39, 0.29) is 53.5 Å². The average molecular weight is 461 g/mol. The standard InChI is InChI=1S/C23H27NO9/c1-6-9-33-22-16(24(27)28)10-14(11-19(22)29-2)17(25)7-8-18(26)15-12-20(30-3)23(32-5)21(13-15)31-4/h10-13H,6-9H2,1-5H3. The van der Waals surface area contributed by atoms with Gasteiger partial charge < -0.3 is 23.7 Å². The fraction of sp³-hybridized carbons (Fsp3) is 0.391. The largest absolute Gasteiger partial charge is 0.493 e. The van der Waals surface area contributed by atoms with Gasteiger partial charge in [0.25, 0.3) is 0 Å². The molecule has 0 heterocycles. The van der Waals surface area contributed by atoms with Crippen molar-refractivity contribution < 1.29 is 38.2 Å². The van der Waals surface area contributed by atoms with E-state index in [4.69, 9.17) is 23.7 Å². The number of nitrogens with zero attached hydrogens (tertiary/aromatic N) is 1. The molecule has 0 aromatic heterocycles. The zero-order valence-corrected chi connectivity index (χ0v) is 19.3. The molecule has 0 amide bonds. The third kappa shape index (κ3) is 5.91. The molecule has 10 nitrogen and oxygen atoms in total. The molecule has 0 aliphatic rings. The third-order valence-electron chi connectivity index (χ3n) is 4.79. The number of nitro groups is 1. The Kier molecular flexibility index (Phi) is 9.02. The number of methoxy groups -OCH3 is 4. The van der Waals surface area contributed by atoms with Crippen LogP contribution in [0.4, 0.5) is 5.69 Å². The van der Waals surface area contributed by atoms with Crippen LogP contribution in [0, 0.1) is 10.1 Å². The highest BCUT2D eigenvalue weighted by molar-refractivity contribution is 6.03. The minimum absolute atomic E-state index is 0.0330. The lowest BCUT2D eigenvalue weighted by atomic mass is 10.00. The molecule has 178 valence electrons. The number of nitro benzene ring substituents is 1. The molecule has 0 saturated heterocycles. The highest BCUT2D eigenvalue weighted by Gasteiger charge is 2.25. The Hall–Kier alpha value is -3.82. The molecule has 2 aromatic rings. The normalized spacial score (nSPS) is 10.3. The van der Waals surface area contributed by atoms with Crippen molar-refractivity contribution in [1.82, 2.24) is 0 Å². The summed E-state index contributed by atoms with van der Waals surface area (Å²) < 4.78 is 26.4. The molecule has 0 unspecified atom stereocenters. The van der Waals surface area contributed by atoms with Crippen molar-refractivity contribution in [2.75, 3.05) is 35.0 Å². The third-order valence-corrected chi connectivity index (χ3v) is 4.79. The summed E-state index contributed by atoms with van der Waals surface area (Å²) >= 11 is 0. The van der Waals surface area contributed by atoms with E-state index in [2.05, 4.69) is 0 Å². The zero-order valence-electron chi connectivity index (χ0n) is 19.3. The van der Waals surface area contributed by atoms with E-state index < -0.39 is 10.7 Å². The maximum absolute atomic E-state index is 12.8. The summed E-state index contributed by atoms with van der Waals surface area (Å²) in [6, 6.07) is 5.52. The van der Waals surface area contributed by atoms with E-state index in [1.165, 1.54) is 46.6 Å². The van der Waals surface area contributed by atoms with Gasteiger partial charge in [-0.15, -0.1) is 0 Å². The number of carbonyl (C=O) groups excluding carboxylic acids is 2. The second kappa shape index (κ2) is 11.7. The Bertz CT molecular complexity index is 1010. The van der Waals surface area contributed by atoms with E-state index in [0.717, 1.165) is 6.07 Å². The van der Waals surface area contributed by atoms with Crippen LogP contribution >= 0.6 is 0 Å². The summed E-state index contributed by atoms with van der Waals surface area (Å²) in [6.07, 6.45) is 0.358. The van der Waals surface area contributed by atoms with Gasteiger partial charge in [0.2, 0.25) is 11.5 Å². The molecule has 33 heavy (non-hydrogen) atoms. The van der Waals surface area contributed by atoms with Crippen LogP contribution in [0.1, 0.15) is 46.9 Å². The van der Waals surface area contributed by atoms with Gasteiger partial charge in [-0.2, -0.15) is 0 Å². The fourth-order valence-corrected chi connectivity index (χ4v) is 3.14. The molecule has 2 aromatic carbocycles. The fourth-order valence-electron chi connectivity index (χ4n) is 3.14. The van der Waals surface area contributed by atoms with Crippen LogP contribution in [0.5, 0.6) is 28.7 Å². The summed E-state index contributed by atoms with van der Waals surface area (Å²) in [5.41, 5.74) is -0.0358. The summed E-state index contributed by atoms with van der Waals surface area (Å²) in [7, 11) is 5.65. The van der Waals surface area contributed by atoms with Crippen LogP contribution in [-0.2, 0) is 0 Å². The monoisotopic (exact) mass is 461 g/mol. The Morgan fingerprint density at radius 1 is 0.788 bits per heavy atom. The lowest BCUT2D eigenvalue weighted by molar-refractivity contribution is -0.386. The molecule has 2 rings (SSSR count). The quantitative estimate of drug-likeness (QED) is 0.244. The average Bonchev–Trinajstić information content (AvgIpc) is 2.83. The molecular formula is C23H27NO9. The van der Waals surface area contributed by atoms with Gasteiger partial charge in [0.05, 0.1) is 40.0 Å². The lowest BCUT2D eigenvalue weighted by Gasteiger charge is -2.14. The number of rotatable bonds is 13. The van der Waals surface area contributed by atoms with Crippen molar-refractivity contribution in [2.24, 2.45) is 0 Å². The highest BCUT2D eigenvalue weighted by Crippen LogP contribution is 2.40. The van der Waals surface area contributed by atoms with Crippen LogP contribution in [0.2, 0.25) is 0 Å². The first-order valence-corrected chi connectivity index (χ1v) is 10.2. The van der Waals surface area contributed by atoms with Crippen LogP contribution < -0.4 is 23.7 Å². The minimum atomic E-state index is -0.634. The molecule has 0 saturated carbocycles. The molecule has 0 N–H and O–H groups in total. The molecule has 0 radical (unpaired) electrons. The van der Waals surface area contributed by atoms with E-state index in [1.54, 1.807) is 0 Å². The Labute approximate surface area is 191 Å². The summed E-state index contributed by atoms with van der Waals surface area (Å²) in [4.78, 5) is 36.4. The van der Waals surface area contributed by atoms with Crippen LogP contribution in [-0.4, -0.2) is 51.5 Å². The maximum atomic E-state index is 12.8. The molecule has 0 fully saturated rings. The highest BCUT2D eigenvalue weighted by atomic mass is 16.6. The molecule has 0 bridgehead atoms. The van der Waals surface area contributed by atoms with Crippen molar-refractivity contribution in [3.63, 3.8) is 0 Å². The molecular weight excluding hydrogens is 434 g/mol. The van der Waals surface area contributed by atoms with Crippen molar-refractivity contribution in [1.29, 1.82) is 0 Å². The van der Waals surface area contributed by atoms with Gasteiger partial charge in [-0.25, -0.2) is 0 Å². The summed E-state index contributed by atoms with van der Waals surface area (Å²) in [6.45, 7) is 2.12. The number of ether oxygens (including phenoxy) is 5. The minimum Gasteiger partial charge on any atom is -0.493 e. The number of carbonyl (C=O) groups is 2. The van der Waals surface area contributed by atoms with E-state index >= 15 is 0 Å². The lowest BCUT2D eigenvalue weighted by Crippen LogP contribution is -2.08. The van der Waals surface area contributed by atoms with Crippen LogP contribution in [0.15, 0.2) is 24.3 Å². The molecule has 10 heteroatoms. The zero-order chi connectivity index (χ0) is 24.5. The summed E-state index contributed by atoms with van der Waals surface area (Å²) in [5.74, 6) is 0.249. The van der Waals surface area contributed by atoms with Crippen LogP contribution in [0.25, 0.3) is 0 Å². The molecule has 0 spiro atoms. The van der Waals surface area contributed by atoms with Gasteiger partial charge in [-0.05, 0) is 24.6 Å². The topological polar surface area (TPSA) is 123 Å². The molecule has 0 atom stereocenters. The Morgan fingerprint density at radius 2 is 1.24 bits per heavy atom. The van der Waals surface area contributed by atoms with Gasteiger partial charge in [0, 0.05) is 30.0 Å². The van der Waals surface area contributed by atoms with Gasteiger partial charge in [-0.1, -0.05) is 6.92 Å². The van der Waals surface area contributed by atoms with Crippen molar-refractivity contribution in [3.8, 4) is 28.7 Å². The van der Waals surface area contributed by atoms with E-state index in [9.17, 15) is 19.7 Å². The molecule has 0 aliphatic carbocycles. The number of hydrogen-bond donors (Lipinski definition) is 0. The number of ketones is 2. The summed E-state index contributed by atoms with van der Waals surface area (Å²) in [5, 5.41) is 11.5. The maximum Gasteiger partial charge on any atom is 0.315 e. The first kappa shape index (κ1) is 25.4. The predicted molar refractivity (Wildman–Crippen MR) is 119 cm³/mol. The molecule has 0 aliphatic heterocycles. The van der Waals surface area contributed by atoms with E-state index in [1.807, 2.05) is 6.92 Å². The van der Waals surface area contributed by atoms with Crippen LogP contribution in [0.3, 0.4) is 0 Å². The second-order valence-electron chi connectivity index (χ2n) is 6.89. The first-order valence-electron chi connectivity index (χ1n) is 10.2. The first-order chi connectivity index (χ1) is 15.8. The second-order valence-corrected chi connectivity index (χ2v) is 6.89. The SMILES string of the molecule is CCCOc1c(OC)cc(C(=O)CCC(=O)c2cc(OC)c(OC)c(OC)c2)cc1[N+](=O)[O-]. The number of Topliss-reactive ketones (excluding diaryl/α,β-unsaturated/α-hetero) is 2. The van der Waals surface area contributed by atoms with Gasteiger partial charge in [-0.3, -0.25) is 19.7 Å². The predicted octanol–water partition coefficient (Wildman–Crippen LogP) is 4.26. The van der Waals surface area contributed by atoms with Gasteiger partial charge in [0.15, 0.2) is 28.8 Å². The number of benzene rings is 2. The van der Waals surface area contributed by atoms with Gasteiger partial charge in [0.1, 0.15) is 0 Å². The Balaban J connectivity index is 2.26.